The number of carbonyl (C=O) groups is 2. The van der Waals surface area contributed by atoms with E-state index in [1.807, 2.05) is 30.3 Å². The molecule has 0 fully saturated rings. The molecule has 1 aromatic rings. The summed E-state index contributed by atoms with van der Waals surface area (Å²) in [6, 6.07) is 9.38. The van der Waals surface area contributed by atoms with Crippen LogP contribution in [-0.4, -0.2) is 37.9 Å². The number of benzene rings is 1. The highest BCUT2D eigenvalue weighted by atomic mass is 16.6. The lowest BCUT2D eigenvalue weighted by Gasteiger charge is -2.15. The Morgan fingerprint density at radius 3 is 2.50 bits per heavy atom. The van der Waals surface area contributed by atoms with Crippen LogP contribution in [0.3, 0.4) is 0 Å². The fourth-order valence-corrected chi connectivity index (χ4v) is 2.08. The van der Waals surface area contributed by atoms with Gasteiger partial charge in [-0.25, -0.2) is 9.59 Å². The molecule has 0 unspecified atom stereocenters. The van der Waals surface area contributed by atoms with Gasteiger partial charge in [0.25, 0.3) is 0 Å². The molecule has 0 spiro atoms. The maximum atomic E-state index is 12.2. The maximum absolute atomic E-state index is 12.2. The number of carbonyl (C=O) groups excluding carboxylic acids is 2. The van der Waals surface area contributed by atoms with E-state index in [1.54, 1.807) is 25.2 Å². The predicted molar refractivity (Wildman–Crippen MR) is 80.9 cm³/mol. The number of rotatable bonds is 5. The summed E-state index contributed by atoms with van der Waals surface area (Å²) in [6.45, 7) is 2.00. The second kappa shape index (κ2) is 7.56. The number of methoxy groups -OCH3 is 1. The zero-order valence-corrected chi connectivity index (χ0v) is 12.5. The van der Waals surface area contributed by atoms with Crippen molar-refractivity contribution < 1.29 is 23.8 Å². The molecule has 22 heavy (non-hydrogen) atoms. The fraction of sp³-hybridized carbons (Fsp3) is 0.294. The molecule has 1 aliphatic heterocycles. The zero-order valence-electron chi connectivity index (χ0n) is 12.5. The van der Waals surface area contributed by atoms with E-state index in [-0.39, 0.29) is 6.61 Å². The SMILES string of the molecule is CCOC(=O)/C(=C/c1ccccc1)[C@H]1C=C[C@@H](C(=O)OC)O1. The molecule has 0 aliphatic carbocycles. The molecule has 0 amide bonds. The van der Waals surface area contributed by atoms with Gasteiger partial charge < -0.3 is 14.2 Å². The van der Waals surface area contributed by atoms with Gasteiger partial charge in [0.15, 0.2) is 6.10 Å². The van der Waals surface area contributed by atoms with Crippen LogP contribution in [0, 0.1) is 0 Å². The summed E-state index contributed by atoms with van der Waals surface area (Å²) >= 11 is 0. The molecule has 0 radical (unpaired) electrons. The monoisotopic (exact) mass is 302 g/mol. The first kappa shape index (κ1) is 16.0. The van der Waals surface area contributed by atoms with Gasteiger partial charge in [0.05, 0.1) is 19.3 Å². The molecule has 5 nitrogen and oxygen atoms in total. The van der Waals surface area contributed by atoms with Crippen molar-refractivity contribution in [2.75, 3.05) is 13.7 Å². The molecular weight excluding hydrogens is 284 g/mol. The standard InChI is InChI=1S/C17H18O5/c1-3-21-16(18)13(11-12-7-5-4-6-8-12)14-9-10-15(22-14)17(19)20-2/h4-11,14-15H,3H2,1-2H3/b13-11+/t14-,15+/m1/s1. The second-order valence-corrected chi connectivity index (χ2v) is 4.62. The lowest BCUT2D eigenvalue weighted by Crippen LogP contribution is -2.26. The molecule has 0 saturated heterocycles. The van der Waals surface area contributed by atoms with Crippen molar-refractivity contribution in [2.45, 2.75) is 19.1 Å². The average molecular weight is 302 g/mol. The van der Waals surface area contributed by atoms with Gasteiger partial charge in [-0.2, -0.15) is 0 Å². The summed E-state index contributed by atoms with van der Waals surface area (Å²) in [4.78, 5) is 23.7. The molecular formula is C17H18O5. The molecule has 0 bridgehead atoms. The Labute approximate surface area is 129 Å². The summed E-state index contributed by atoms with van der Waals surface area (Å²) in [6.07, 6.45) is 3.50. The van der Waals surface area contributed by atoms with Crippen molar-refractivity contribution >= 4 is 18.0 Å². The Bertz CT molecular complexity index is 588. The summed E-state index contributed by atoms with van der Waals surface area (Å²) in [7, 11) is 1.29. The van der Waals surface area contributed by atoms with Crippen LogP contribution >= 0.6 is 0 Å². The normalized spacial score (nSPS) is 20.7. The molecule has 0 saturated carbocycles. The minimum Gasteiger partial charge on any atom is -0.467 e. The molecule has 5 heteroatoms. The van der Waals surface area contributed by atoms with Crippen molar-refractivity contribution in [3.8, 4) is 0 Å². The first-order chi connectivity index (χ1) is 10.7. The third kappa shape index (κ3) is 3.83. The quantitative estimate of drug-likeness (QED) is 0.474. The fourth-order valence-electron chi connectivity index (χ4n) is 2.08. The first-order valence-corrected chi connectivity index (χ1v) is 7.01. The summed E-state index contributed by atoms with van der Waals surface area (Å²) < 4.78 is 15.3. The Kier molecular flexibility index (Phi) is 5.49. The van der Waals surface area contributed by atoms with Gasteiger partial charge in [0, 0.05) is 0 Å². The minimum atomic E-state index is -0.802. The third-order valence-corrected chi connectivity index (χ3v) is 3.13. The van der Waals surface area contributed by atoms with Crippen molar-refractivity contribution in [2.24, 2.45) is 0 Å². The van der Waals surface area contributed by atoms with E-state index in [4.69, 9.17) is 9.47 Å². The lowest BCUT2D eigenvalue weighted by atomic mass is 10.1. The van der Waals surface area contributed by atoms with Crippen molar-refractivity contribution in [1.29, 1.82) is 0 Å². The van der Waals surface area contributed by atoms with Crippen LogP contribution in [0.15, 0.2) is 48.1 Å². The lowest BCUT2D eigenvalue weighted by molar-refractivity contribution is -0.152. The number of hydrogen-bond acceptors (Lipinski definition) is 5. The van der Waals surface area contributed by atoms with Gasteiger partial charge in [-0.1, -0.05) is 36.4 Å². The highest BCUT2D eigenvalue weighted by Crippen LogP contribution is 2.22. The molecule has 1 aromatic carbocycles. The minimum absolute atomic E-state index is 0.266. The smallest absolute Gasteiger partial charge is 0.339 e. The van der Waals surface area contributed by atoms with E-state index in [0.717, 1.165) is 5.56 Å². The van der Waals surface area contributed by atoms with Crippen LogP contribution < -0.4 is 0 Å². The predicted octanol–water partition coefficient (Wildman–Crippen LogP) is 2.13. The Balaban J connectivity index is 2.23. The molecule has 1 aliphatic rings. The van der Waals surface area contributed by atoms with Gasteiger partial charge in [-0.3, -0.25) is 0 Å². The summed E-state index contributed by atoms with van der Waals surface area (Å²) in [5.74, 6) is -0.965. The number of ether oxygens (including phenoxy) is 3. The molecule has 0 aromatic heterocycles. The van der Waals surface area contributed by atoms with Gasteiger partial charge >= 0.3 is 11.9 Å². The molecule has 116 valence electrons. The highest BCUT2D eigenvalue weighted by molar-refractivity contribution is 5.95. The Morgan fingerprint density at radius 2 is 1.86 bits per heavy atom. The van der Waals surface area contributed by atoms with Crippen LogP contribution in [0.1, 0.15) is 12.5 Å². The highest BCUT2D eigenvalue weighted by Gasteiger charge is 2.31. The van der Waals surface area contributed by atoms with Crippen LogP contribution in [-0.2, 0) is 23.8 Å². The number of esters is 2. The summed E-state index contributed by atoms with van der Waals surface area (Å²) in [5.41, 5.74) is 1.19. The molecule has 2 atom stereocenters. The van der Waals surface area contributed by atoms with Crippen LogP contribution in [0.2, 0.25) is 0 Å². The Hall–Kier alpha value is -2.40. The molecule has 0 N–H and O–H groups in total. The Morgan fingerprint density at radius 1 is 1.18 bits per heavy atom. The zero-order chi connectivity index (χ0) is 15.9. The van der Waals surface area contributed by atoms with E-state index in [0.29, 0.717) is 5.57 Å². The van der Waals surface area contributed by atoms with Gasteiger partial charge in [0.2, 0.25) is 0 Å². The largest absolute Gasteiger partial charge is 0.467 e. The van der Waals surface area contributed by atoms with Crippen LogP contribution in [0.25, 0.3) is 6.08 Å². The van der Waals surface area contributed by atoms with Gasteiger partial charge in [-0.05, 0) is 24.6 Å². The maximum Gasteiger partial charge on any atom is 0.339 e. The van der Waals surface area contributed by atoms with Gasteiger partial charge in [-0.15, -0.1) is 0 Å². The van der Waals surface area contributed by atoms with E-state index >= 15 is 0 Å². The van der Waals surface area contributed by atoms with Crippen molar-refractivity contribution in [1.82, 2.24) is 0 Å². The van der Waals surface area contributed by atoms with Crippen molar-refractivity contribution in [3.63, 3.8) is 0 Å². The molecule has 1 heterocycles. The molecule has 2 rings (SSSR count). The summed E-state index contributed by atoms with van der Waals surface area (Å²) in [5, 5.41) is 0. The van der Waals surface area contributed by atoms with E-state index < -0.39 is 24.1 Å². The number of hydrogen-bond donors (Lipinski definition) is 0. The average Bonchev–Trinajstić information content (AvgIpc) is 3.02. The topological polar surface area (TPSA) is 61.8 Å². The van der Waals surface area contributed by atoms with Crippen molar-refractivity contribution in [3.05, 3.63) is 53.6 Å². The van der Waals surface area contributed by atoms with E-state index in [9.17, 15) is 9.59 Å². The van der Waals surface area contributed by atoms with Gasteiger partial charge in [0.1, 0.15) is 6.10 Å². The first-order valence-electron chi connectivity index (χ1n) is 7.01. The van der Waals surface area contributed by atoms with E-state index in [1.165, 1.54) is 7.11 Å². The third-order valence-electron chi connectivity index (χ3n) is 3.13. The van der Waals surface area contributed by atoms with Crippen LogP contribution in [0.4, 0.5) is 0 Å². The van der Waals surface area contributed by atoms with Crippen LogP contribution in [0.5, 0.6) is 0 Å². The van der Waals surface area contributed by atoms with E-state index in [2.05, 4.69) is 4.74 Å². The second-order valence-electron chi connectivity index (χ2n) is 4.62.